The molecule has 0 bridgehead atoms. The molecule has 1 saturated heterocycles. The van der Waals surface area contributed by atoms with Crippen LogP contribution in [0.3, 0.4) is 0 Å². The minimum atomic E-state index is -0.817. The summed E-state index contributed by atoms with van der Waals surface area (Å²) in [6.07, 6.45) is 0.145. The van der Waals surface area contributed by atoms with Gasteiger partial charge in [-0.15, -0.1) is 0 Å². The molecule has 2 rings (SSSR count). The summed E-state index contributed by atoms with van der Waals surface area (Å²) in [5, 5.41) is 0. The van der Waals surface area contributed by atoms with E-state index < -0.39 is 17.5 Å². The van der Waals surface area contributed by atoms with Crippen LogP contribution in [-0.4, -0.2) is 23.3 Å². The molecule has 0 aromatic heterocycles. The highest BCUT2D eigenvalue weighted by Gasteiger charge is 2.48. The van der Waals surface area contributed by atoms with Gasteiger partial charge >= 0.3 is 0 Å². The van der Waals surface area contributed by atoms with Crippen LogP contribution in [0.15, 0.2) is 30.3 Å². The Morgan fingerprint density at radius 1 is 1.17 bits per heavy atom. The number of ketones is 1. The summed E-state index contributed by atoms with van der Waals surface area (Å²) in [7, 11) is 0. The second kappa shape index (κ2) is 4.48. The van der Waals surface area contributed by atoms with E-state index >= 15 is 0 Å². The van der Waals surface area contributed by atoms with Crippen LogP contribution in [0.25, 0.3) is 0 Å². The van der Waals surface area contributed by atoms with Gasteiger partial charge in [-0.2, -0.15) is 0 Å². The molecule has 1 aromatic carbocycles. The third-order valence-electron chi connectivity index (χ3n) is 3.21. The normalized spacial score (nSPS) is 31.3. The van der Waals surface area contributed by atoms with Gasteiger partial charge < -0.3 is 9.47 Å². The quantitative estimate of drug-likeness (QED) is 0.807. The number of rotatable bonds is 2. The molecule has 0 unspecified atom stereocenters. The second-order valence-electron chi connectivity index (χ2n) is 5.52. The van der Waals surface area contributed by atoms with Crippen LogP contribution in [-0.2, 0) is 20.7 Å². The fourth-order valence-corrected chi connectivity index (χ4v) is 2.63. The zero-order chi connectivity index (χ0) is 13.4. The summed E-state index contributed by atoms with van der Waals surface area (Å²) >= 11 is 0. The van der Waals surface area contributed by atoms with Crippen molar-refractivity contribution in [2.45, 2.75) is 51.6 Å². The molecule has 0 amide bonds. The number of hydrogen-bond acceptors (Lipinski definition) is 3. The Kier molecular flexibility index (Phi) is 3.30. The van der Waals surface area contributed by atoms with Crippen molar-refractivity contribution >= 4 is 5.78 Å². The molecule has 3 nitrogen and oxygen atoms in total. The van der Waals surface area contributed by atoms with E-state index in [4.69, 9.17) is 9.47 Å². The van der Waals surface area contributed by atoms with E-state index in [1.807, 2.05) is 51.1 Å². The second-order valence-corrected chi connectivity index (χ2v) is 5.52. The molecule has 0 N–H and O–H groups in total. The zero-order valence-corrected chi connectivity index (χ0v) is 11.4. The maximum atomic E-state index is 12.3. The van der Waals surface area contributed by atoms with Crippen LogP contribution in [0.1, 0.15) is 33.3 Å². The first-order chi connectivity index (χ1) is 8.32. The van der Waals surface area contributed by atoms with Gasteiger partial charge in [0, 0.05) is 6.42 Å². The highest BCUT2D eigenvalue weighted by atomic mass is 16.7. The molecule has 2 atom stereocenters. The zero-order valence-electron chi connectivity index (χ0n) is 11.4. The minimum absolute atomic E-state index is 0.00526. The summed E-state index contributed by atoms with van der Waals surface area (Å²) < 4.78 is 11.4. The number of ether oxygens (including phenoxy) is 2. The highest BCUT2D eigenvalue weighted by Crippen LogP contribution is 2.33. The number of hydrogen-bond donors (Lipinski definition) is 0. The highest BCUT2D eigenvalue weighted by molar-refractivity contribution is 5.91. The summed E-state index contributed by atoms with van der Waals surface area (Å²) in [6.45, 7) is 7.33. The molecule has 1 heterocycles. The van der Waals surface area contributed by atoms with E-state index in [1.165, 1.54) is 0 Å². The van der Waals surface area contributed by atoms with Crippen LogP contribution < -0.4 is 0 Å². The van der Waals surface area contributed by atoms with E-state index in [1.54, 1.807) is 6.92 Å². The van der Waals surface area contributed by atoms with Crippen molar-refractivity contribution in [1.29, 1.82) is 0 Å². The van der Waals surface area contributed by atoms with Crippen LogP contribution in [0.4, 0.5) is 0 Å². The molecular weight excluding hydrogens is 228 g/mol. The smallest absolute Gasteiger partial charge is 0.193 e. The fourth-order valence-electron chi connectivity index (χ4n) is 2.63. The minimum Gasteiger partial charge on any atom is -0.340 e. The average molecular weight is 248 g/mol. The Balaban J connectivity index is 2.25. The van der Waals surface area contributed by atoms with Gasteiger partial charge in [-0.25, -0.2) is 0 Å². The van der Waals surface area contributed by atoms with Crippen molar-refractivity contribution in [3.8, 4) is 0 Å². The lowest BCUT2D eigenvalue weighted by Crippen LogP contribution is -2.58. The SMILES string of the molecule is C[C@H]1OC(C)(C)O[C@](C)(Cc2ccccc2)C1=O. The molecule has 18 heavy (non-hydrogen) atoms. The van der Waals surface area contributed by atoms with Crippen LogP contribution in [0.2, 0.25) is 0 Å². The van der Waals surface area contributed by atoms with E-state index in [0.29, 0.717) is 6.42 Å². The molecule has 0 aliphatic carbocycles. The van der Waals surface area contributed by atoms with Gasteiger partial charge in [0.1, 0.15) is 11.7 Å². The van der Waals surface area contributed by atoms with Crippen LogP contribution in [0.5, 0.6) is 0 Å². The van der Waals surface area contributed by atoms with Gasteiger partial charge in [-0.05, 0) is 33.3 Å². The molecule has 3 heteroatoms. The van der Waals surface area contributed by atoms with E-state index in [0.717, 1.165) is 5.56 Å². The van der Waals surface area contributed by atoms with Gasteiger partial charge in [0.15, 0.2) is 11.6 Å². The van der Waals surface area contributed by atoms with Crippen LogP contribution >= 0.6 is 0 Å². The third kappa shape index (κ3) is 2.62. The maximum Gasteiger partial charge on any atom is 0.193 e. The molecule has 1 aliphatic rings. The summed E-state index contributed by atoms with van der Waals surface area (Å²) in [5.41, 5.74) is 0.279. The first-order valence-corrected chi connectivity index (χ1v) is 6.29. The number of carbonyl (C=O) groups excluding carboxylic acids is 1. The monoisotopic (exact) mass is 248 g/mol. The standard InChI is InChI=1S/C15H20O3/c1-11-13(16)15(4,18-14(2,3)17-11)10-12-8-6-5-7-9-12/h5-9,11H,10H2,1-4H3/t11-,15-/m1/s1. The molecule has 1 aliphatic heterocycles. The first kappa shape index (κ1) is 13.2. The van der Waals surface area contributed by atoms with Gasteiger partial charge in [0.2, 0.25) is 0 Å². The first-order valence-electron chi connectivity index (χ1n) is 6.29. The molecule has 1 fully saturated rings. The number of benzene rings is 1. The van der Waals surface area contributed by atoms with Crippen molar-refractivity contribution < 1.29 is 14.3 Å². The third-order valence-corrected chi connectivity index (χ3v) is 3.21. The predicted molar refractivity (Wildman–Crippen MR) is 69.3 cm³/mol. The Labute approximate surface area is 108 Å². The molecular formula is C15H20O3. The largest absolute Gasteiger partial charge is 0.340 e. The van der Waals surface area contributed by atoms with Crippen molar-refractivity contribution in [2.24, 2.45) is 0 Å². The van der Waals surface area contributed by atoms with Gasteiger partial charge in [0.25, 0.3) is 0 Å². The summed E-state index contributed by atoms with van der Waals surface area (Å²) in [5.74, 6) is -0.720. The molecule has 0 radical (unpaired) electrons. The lowest BCUT2D eigenvalue weighted by Gasteiger charge is -2.44. The Morgan fingerprint density at radius 3 is 2.39 bits per heavy atom. The van der Waals surface area contributed by atoms with Crippen LogP contribution in [0, 0.1) is 0 Å². The van der Waals surface area contributed by atoms with Crippen molar-refractivity contribution in [3.63, 3.8) is 0 Å². The molecule has 0 spiro atoms. The summed E-state index contributed by atoms with van der Waals surface area (Å²) in [6, 6.07) is 9.92. The molecule has 0 saturated carbocycles. The maximum absolute atomic E-state index is 12.3. The van der Waals surface area contributed by atoms with Crippen molar-refractivity contribution in [1.82, 2.24) is 0 Å². The van der Waals surface area contributed by atoms with E-state index in [-0.39, 0.29) is 5.78 Å². The van der Waals surface area contributed by atoms with Gasteiger partial charge in [0.05, 0.1) is 0 Å². The lowest BCUT2D eigenvalue weighted by molar-refractivity contribution is -0.301. The van der Waals surface area contributed by atoms with E-state index in [2.05, 4.69) is 0 Å². The molecule has 1 aromatic rings. The van der Waals surface area contributed by atoms with Crippen molar-refractivity contribution in [2.75, 3.05) is 0 Å². The Hall–Kier alpha value is -1.19. The topological polar surface area (TPSA) is 35.5 Å². The number of Topliss-reactive ketones (excluding diaryl/α,β-unsaturated/α-hetero) is 1. The Morgan fingerprint density at radius 2 is 1.78 bits per heavy atom. The average Bonchev–Trinajstić information content (AvgIpc) is 2.26. The van der Waals surface area contributed by atoms with Gasteiger partial charge in [-0.1, -0.05) is 30.3 Å². The van der Waals surface area contributed by atoms with Crippen molar-refractivity contribution in [3.05, 3.63) is 35.9 Å². The van der Waals surface area contributed by atoms with E-state index in [9.17, 15) is 4.79 Å². The number of carbonyl (C=O) groups is 1. The van der Waals surface area contributed by atoms with Gasteiger partial charge in [-0.3, -0.25) is 4.79 Å². The molecule has 98 valence electrons. The summed E-state index contributed by atoms with van der Waals surface area (Å²) in [4.78, 5) is 12.3. The lowest BCUT2D eigenvalue weighted by atomic mass is 9.88. The predicted octanol–water partition coefficient (Wildman–Crippen LogP) is 2.73. The Bertz CT molecular complexity index is 438. The fraction of sp³-hybridized carbons (Fsp3) is 0.533.